The minimum Gasteiger partial charge on any atom is -0.0823 e. The molecule has 0 aliphatic heterocycles. The fourth-order valence-corrected chi connectivity index (χ4v) is 4.20. The van der Waals surface area contributed by atoms with Crippen molar-refractivity contribution in [1.82, 2.24) is 0 Å². The number of hydrogen-bond donors (Lipinski definition) is 0. The molecule has 2 unspecified atom stereocenters. The number of fused-ring (bicyclic) bond motifs is 2. The van der Waals surface area contributed by atoms with E-state index >= 15 is 0 Å². The predicted molar refractivity (Wildman–Crippen MR) is 83.7 cm³/mol. The molecule has 2 heteroatoms. The highest BCUT2D eigenvalue weighted by atomic mass is 79.9. The smallest absolute Gasteiger partial charge is 0.0564 e. The fraction of sp³-hybridized carbons (Fsp3) is 0.250. The summed E-state index contributed by atoms with van der Waals surface area (Å²) in [7, 11) is 0. The molecule has 0 bridgehead atoms. The second kappa shape index (κ2) is 4.82. The summed E-state index contributed by atoms with van der Waals surface area (Å²) in [5.74, 6) is 0.444. The van der Waals surface area contributed by atoms with E-state index < -0.39 is 0 Å². The summed E-state index contributed by atoms with van der Waals surface area (Å²) in [6.07, 6.45) is 0. The Labute approximate surface area is 125 Å². The Kier molecular flexibility index (Phi) is 3.33. The maximum Gasteiger partial charge on any atom is 0.0564 e. The van der Waals surface area contributed by atoms with Crippen molar-refractivity contribution in [3.63, 3.8) is 0 Å². The van der Waals surface area contributed by atoms with E-state index in [-0.39, 0.29) is 0 Å². The molecule has 0 amide bonds. The van der Waals surface area contributed by atoms with Crippen LogP contribution in [0.3, 0.4) is 0 Å². The highest BCUT2D eigenvalue weighted by Crippen LogP contribution is 2.50. The van der Waals surface area contributed by atoms with Gasteiger partial charge >= 0.3 is 0 Å². The first-order valence-corrected chi connectivity index (χ1v) is 7.99. The molecule has 2 aromatic rings. The van der Waals surface area contributed by atoms with Gasteiger partial charge in [0.25, 0.3) is 0 Å². The first-order chi connectivity index (χ1) is 8.70. The van der Waals surface area contributed by atoms with E-state index in [4.69, 9.17) is 0 Å². The maximum absolute atomic E-state index is 3.85. The van der Waals surface area contributed by atoms with Gasteiger partial charge in [-0.1, -0.05) is 87.3 Å². The van der Waals surface area contributed by atoms with E-state index in [1.165, 1.54) is 22.3 Å². The second-order valence-electron chi connectivity index (χ2n) is 4.78. The van der Waals surface area contributed by atoms with Gasteiger partial charge in [0, 0.05) is 5.92 Å². The van der Waals surface area contributed by atoms with E-state index in [1.807, 2.05) is 0 Å². The quantitative estimate of drug-likeness (QED) is 0.523. The molecule has 2 aromatic carbocycles. The summed E-state index contributed by atoms with van der Waals surface area (Å²) in [5, 5.41) is 0. The first kappa shape index (κ1) is 12.4. The predicted octanol–water partition coefficient (Wildman–Crippen LogP) is 5.72. The van der Waals surface area contributed by atoms with E-state index in [9.17, 15) is 0 Å². The fourth-order valence-electron chi connectivity index (χ4n) is 2.80. The highest BCUT2D eigenvalue weighted by Gasteiger charge is 2.30. The lowest BCUT2D eigenvalue weighted by Gasteiger charge is -2.17. The SMILES string of the molecule is CC1c2ccccc2C(Br)C(Br)c2ccccc21. The molecule has 0 radical (unpaired) electrons. The van der Waals surface area contributed by atoms with E-state index in [0.29, 0.717) is 15.6 Å². The lowest BCUT2D eigenvalue weighted by atomic mass is 9.90. The van der Waals surface area contributed by atoms with Crippen LogP contribution in [0.2, 0.25) is 0 Å². The van der Waals surface area contributed by atoms with Crippen molar-refractivity contribution in [1.29, 1.82) is 0 Å². The molecule has 2 atom stereocenters. The summed E-state index contributed by atoms with van der Waals surface area (Å²) in [6.45, 7) is 2.29. The summed E-state index contributed by atoms with van der Waals surface area (Å²) < 4.78 is 0. The summed E-state index contributed by atoms with van der Waals surface area (Å²) in [5.41, 5.74) is 5.63. The Hall–Kier alpha value is -0.600. The average molecular weight is 366 g/mol. The van der Waals surface area contributed by atoms with Crippen LogP contribution >= 0.6 is 31.9 Å². The molecule has 0 N–H and O–H groups in total. The molecule has 1 aliphatic carbocycles. The van der Waals surface area contributed by atoms with Crippen LogP contribution in [0.5, 0.6) is 0 Å². The van der Waals surface area contributed by atoms with Gasteiger partial charge in [0.05, 0.1) is 9.65 Å². The van der Waals surface area contributed by atoms with Crippen molar-refractivity contribution in [2.45, 2.75) is 22.5 Å². The Balaban J connectivity index is 2.28. The molecule has 0 heterocycles. The molecule has 92 valence electrons. The van der Waals surface area contributed by atoms with Crippen LogP contribution in [0.25, 0.3) is 0 Å². The van der Waals surface area contributed by atoms with Gasteiger partial charge in [-0.3, -0.25) is 0 Å². The van der Waals surface area contributed by atoms with E-state index in [1.54, 1.807) is 0 Å². The summed E-state index contributed by atoms with van der Waals surface area (Å²) in [4.78, 5) is 0.639. The summed E-state index contributed by atoms with van der Waals surface area (Å²) in [6, 6.07) is 17.5. The zero-order chi connectivity index (χ0) is 12.7. The molecular formula is C16H14Br2. The number of benzene rings is 2. The molecule has 0 saturated heterocycles. The maximum atomic E-state index is 3.85. The van der Waals surface area contributed by atoms with E-state index in [2.05, 4.69) is 87.3 Å². The van der Waals surface area contributed by atoms with Crippen molar-refractivity contribution >= 4 is 31.9 Å². The van der Waals surface area contributed by atoms with Crippen molar-refractivity contribution in [3.05, 3.63) is 70.8 Å². The van der Waals surface area contributed by atoms with Gasteiger partial charge in [-0.25, -0.2) is 0 Å². The second-order valence-corrected chi connectivity index (χ2v) is 6.76. The van der Waals surface area contributed by atoms with Gasteiger partial charge in [0.15, 0.2) is 0 Å². The van der Waals surface area contributed by atoms with Crippen LogP contribution in [0.15, 0.2) is 48.5 Å². The van der Waals surface area contributed by atoms with Crippen LogP contribution in [0.4, 0.5) is 0 Å². The third-order valence-corrected chi connectivity index (χ3v) is 6.53. The number of hydrogen-bond acceptors (Lipinski definition) is 0. The van der Waals surface area contributed by atoms with Gasteiger partial charge in [-0.15, -0.1) is 0 Å². The molecule has 18 heavy (non-hydrogen) atoms. The topological polar surface area (TPSA) is 0 Å². The van der Waals surface area contributed by atoms with Gasteiger partial charge in [-0.05, 0) is 22.3 Å². The number of alkyl halides is 2. The monoisotopic (exact) mass is 364 g/mol. The Bertz CT molecular complexity index is 525. The van der Waals surface area contributed by atoms with Gasteiger partial charge in [-0.2, -0.15) is 0 Å². The molecule has 0 nitrogen and oxygen atoms in total. The molecular weight excluding hydrogens is 352 g/mol. The van der Waals surface area contributed by atoms with Crippen LogP contribution in [-0.2, 0) is 0 Å². The van der Waals surface area contributed by atoms with Crippen LogP contribution in [0, 0.1) is 0 Å². The molecule has 0 spiro atoms. The molecule has 1 aliphatic rings. The van der Waals surface area contributed by atoms with Gasteiger partial charge in [0.2, 0.25) is 0 Å². The van der Waals surface area contributed by atoms with Crippen LogP contribution in [0.1, 0.15) is 44.7 Å². The molecule has 0 saturated carbocycles. The number of rotatable bonds is 0. The lowest BCUT2D eigenvalue weighted by Crippen LogP contribution is -1.98. The Morgan fingerprint density at radius 1 is 0.667 bits per heavy atom. The zero-order valence-electron chi connectivity index (χ0n) is 10.1. The van der Waals surface area contributed by atoms with Crippen LogP contribution < -0.4 is 0 Å². The minimum atomic E-state index is 0.319. The van der Waals surface area contributed by atoms with E-state index in [0.717, 1.165) is 0 Å². The average Bonchev–Trinajstić information content (AvgIpc) is 2.51. The largest absolute Gasteiger partial charge is 0.0823 e. The van der Waals surface area contributed by atoms with Crippen molar-refractivity contribution in [2.75, 3.05) is 0 Å². The van der Waals surface area contributed by atoms with Crippen LogP contribution in [-0.4, -0.2) is 0 Å². The minimum absolute atomic E-state index is 0.319. The Morgan fingerprint density at radius 2 is 1.00 bits per heavy atom. The third-order valence-electron chi connectivity index (χ3n) is 3.78. The third kappa shape index (κ3) is 1.86. The number of halogens is 2. The van der Waals surface area contributed by atoms with Gasteiger partial charge in [0.1, 0.15) is 0 Å². The van der Waals surface area contributed by atoms with Crippen molar-refractivity contribution in [2.24, 2.45) is 0 Å². The summed E-state index contributed by atoms with van der Waals surface area (Å²) >= 11 is 7.71. The standard InChI is InChI=1S/C16H14Br2/c1-10-11-6-2-4-8-13(11)15(17)16(18)14-9-5-3-7-12(10)14/h2-10,15-16H,1H3. The Morgan fingerprint density at radius 3 is 1.39 bits per heavy atom. The normalized spacial score (nSPS) is 26.1. The molecule has 0 fully saturated rings. The van der Waals surface area contributed by atoms with Crippen molar-refractivity contribution < 1.29 is 0 Å². The van der Waals surface area contributed by atoms with Crippen molar-refractivity contribution in [3.8, 4) is 0 Å². The first-order valence-electron chi connectivity index (χ1n) is 6.16. The highest BCUT2D eigenvalue weighted by molar-refractivity contribution is 9.12. The zero-order valence-corrected chi connectivity index (χ0v) is 13.3. The van der Waals surface area contributed by atoms with Gasteiger partial charge < -0.3 is 0 Å². The molecule has 0 aromatic heterocycles. The molecule has 3 rings (SSSR count). The lowest BCUT2D eigenvalue weighted by molar-refractivity contribution is 0.912.